The average Bonchev–Trinajstić information content (AvgIpc) is 2.04. The average molecular weight is 253 g/mol. The number of hydrogen-bond donors (Lipinski definition) is 0. The van der Waals surface area contributed by atoms with E-state index in [-0.39, 0.29) is 32.7 Å². The maximum Gasteiger partial charge on any atom is 0.00291 e. The third-order valence-corrected chi connectivity index (χ3v) is 2.53. The summed E-state index contributed by atoms with van der Waals surface area (Å²) in [4.78, 5) is 0. The van der Waals surface area contributed by atoms with E-state index in [1.54, 1.807) is 0 Å². The third-order valence-electron chi connectivity index (χ3n) is 2.09. The predicted molar refractivity (Wildman–Crippen MR) is 49.1 cm³/mol. The number of benzene rings is 1. The molecule has 0 bridgehead atoms. The van der Waals surface area contributed by atoms with Gasteiger partial charge in [-0.05, 0) is 13.0 Å². The van der Waals surface area contributed by atoms with Crippen LogP contribution in [0.4, 0.5) is 0 Å². The molecule has 1 atom stereocenters. The zero-order chi connectivity index (χ0) is 7.68. The van der Waals surface area contributed by atoms with E-state index < -0.39 is 0 Å². The van der Waals surface area contributed by atoms with Crippen molar-refractivity contribution in [3.63, 3.8) is 0 Å². The van der Waals surface area contributed by atoms with Crippen LogP contribution in [0, 0.1) is 6.07 Å². The first-order valence-electron chi connectivity index (χ1n) is 3.84. The van der Waals surface area contributed by atoms with Crippen LogP contribution in [0.1, 0.15) is 11.1 Å². The Balaban J connectivity index is 0.000000720. The SMILES string of the molecule is PN1CCc2cc[c-]cc2C1.[Y]. The summed E-state index contributed by atoms with van der Waals surface area (Å²) in [5.41, 5.74) is 2.91. The van der Waals surface area contributed by atoms with Gasteiger partial charge in [0.25, 0.3) is 0 Å². The Bertz CT molecular complexity index is 264. The van der Waals surface area contributed by atoms with Gasteiger partial charge in [-0.15, -0.1) is 5.56 Å². The molecule has 1 aromatic rings. The van der Waals surface area contributed by atoms with Gasteiger partial charge in [0.1, 0.15) is 0 Å². The van der Waals surface area contributed by atoms with Crippen LogP contribution in [0.25, 0.3) is 0 Å². The van der Waals surface area contributed by atoms with E-state index in [0.29, 0.717) is 0 Å². The maximum atomic E-state index is 3.11. The van der Waals surface area contributed by atoms with Gasteiger partial charge in [0, 0.05) is 39.3 Å². The molecule has 1 aliphatic heterocycles. The summed E-state index contributed by atoms with van der Waals surface area (Å²) in [7, 11) is 2.75. The van der Waals surface area contributed by atoms with Crippen molar-refractivity contribution in [1.82, 2.24) is 4.67 Å². The van der Waals surface area contributed by atoms with E-state index in [4.69, 9.17) is 0 Å². The van der Waals surface area contributed by atoms with Crippen molar-refractivity contribution < 1.29 is 32.7 Å². The Morgan fingerprint density at radius 3 is 3.08 bits per heavy atom. The molecule has 12 heavy (non-hydrogen) atoms. The van der Waals surface area contributed by atoms with Gasteiger partial charge in [-0.3, -0.25) is 4.67 Å². The van der Waals surface area contributed by atoms with Crippen molar-refractivity contribution in [2.75, 3.05) is 6.54 Å². The molecule has 1 radical (unpaired) electrons. The molecule has 0 spiro atoms. The van der Waals surface area contributed by atoms with Crippen LogP contribution in [0.3, 0.4) is 0 Å². The van der Waals surface area contributed by atoms with Crippen molar-refractivity contribution >= 4 is 9.39 Å². The van der Waals surface area contributed by atoms with Crippen LogP contribution >= 0.6 is 9.39 Å². The molecule has 0 amide bonds. The van der Waals surface area contributed by atoms with Gasteiger partial charge in [0.05, 0.1) is 0 Å². The Hall–Kier alpha value is 0.714. The number of nitrogens with zero attached hydrogens (tertiary/aromatic N) is 1. The van der Waals surface area contributed by atoms with Gasteiger partial charge in [-0.25, -0.2) is 0 Å². The number of rotatable bonds is 0. The minimum absolute atomic E-state index is 0. The van der Waals surface area contributed by atoms with Gasteiger partial charge in [0.15, 0.2) is 0 Å². The van der Waals surface area contributed by atoms with Crippen LogP contribution in [-0.4, -0.2) is 11.2 Å². The second kappa shape index (κ2) is 4.81. The summed E-state index contributed by atoms with van der Waals surface area (Å²) < 4.78 is 2.26. The molecule has 1 unspecified atom stereocenters. The molecule has 0 aromatic heterocycles. The van der Waals surface area contributed by atoms with Crippen LogP contribution < -0.4 is 0 Å². The molecule has 1 aliphatic rings. The molecule has 1 aromatic carbocycles. The first kappa shape index (κ1) is 10.8. The molecule has 0 saturated heterocycles. The molecule has 0 aliphatic carbocycles. The summed E-state index contributed by atoms with van der Waals surface area (Å²) in [6.45, 7) is 2.21. The van der Waals surface area contributed by atoms with Crippen LogP contribution in [0.2, 0.25) is 0 Å². The van der Waals surface area contributed by atoms with Crippen LogP contribution in [0.15, 0.2) is 18.2 Å². The molecule has 0 N–H and O–H groups in total. The fraction of sp³-hybridized carbons (Fsp3) is 0.333. The molecule has 0 saturated carbocycles. The molecule has 2 rings (SSSR count). The van der Waals surface area contributed by atoms with Crippen molar-refractivity contribution in [1.29, 1.82) is 0 Å². The topological polar surface area (TPSA) is 3.24 Å². The van der Waals surface area contributed by atoms with E-state index in [1.807, 2.05) is 6.07 Å². The van der Waals surface area contributed by atoms with E-state index in [0.717, 1.165) is 13.1 Å². The fourth-order valence-electron chi connectivity index (χ4n) is 1.45. The minimum Gasteiger partial charge on any atom is -0.294 e. The van der Waals surface area contributed by atoms with Crippen molar-refractivity contribution in [3.8, 4) is 0 Å². The normalized spacial score (nSPS) is 16.4. The Labute approximate surface area is 101 Å². The van der Waals surface area contributed by atoms with Crippen LogP contribution in [0.5, 0.6) is 0 Å². The fourth-order valence-corrected chi connectivity index (χ4v) is 1.78. The monoisotopic (exact) mass is 253 g/mol. The molecule has 1 nitrogen and oxygen atoms in total. The van der Waals surface area contributed by atoms with Crippen molar-refractivity contribution in [3.05, 3.63) is 35.4 Å². The maximum absolute atomic E-state index is 3.11. The number of hydrogen-bond acceptors (Lipinski definition) is 1. The zero-order valence-electron chi connectivity index (χ0n) is 6.96. The second-order valence-electron chi connectivity index (χ2n) is 2.92. The smallest absolute Gasteiger partial charge is 0.00291 e. The Morgan fingerprint density at radius 2 is 2.25 bits per heavy atom. The van der Waals surface area contributed by atoms with Gasteiger partial charge in [-0.1, -0.05) is 9.39 Å². The molecule has 1 heterocycles. The predicted octanol–water partition coefficient (Wildman–Crippen LogP) is 1.63. The molecule has 61 valence electrons. The summed E-state index contributed by atoms with van der Waals surface area (Å²) >= 11 is 0. The van der Waals surface area contributed by atoms with Gasteiger partial charge < -0.3 is 0 Å². The summed E-state index contributed by atoms with van der Waals surface area (Å²) in [6.07, 6.45) is 1.17. The van der Waals surface area contributed by atoms with E-state index in [9.17, 15) is 0 Å². The molecule has 0 fully saturated rings. The molecule has 3 heteroatoms. The van der Waals surface area contributed by atoms with Gasteiger partial charge in [0.2, 0.25) is 0 Å². The Kier molecular flexibility index (Phi) is 4.33. The zero-order valence-corrected chi connectivity index (χ0v) is 10.9. The quantitative estimate of drug-likeness (QED) is 0.501. The summed E-state index contributed by atoms with van der Waals surface area (Å²) in [5.74, 6) is 0. The van der Waals surface area contributed by atoms with Crippen molar-refractivity contribution in [2.24, 2.45) is 0 Å². The van der Waals surface area contributed by atoms with Gasteiger partial charge in [-0.2, -0.15) is 29.8 Å². The largest absolute Gasteiger partial charge is 0.294 e. The minimum atomic E-state index is 0. The first-order chi connectivity index (χ1) is 5.36. The molecular formula is C9H11NPY-. The van der Waals surface area contributed by atoms with Crippen molar-refractivity contribution in [2.45, 2.75) is 13.0 Å². The molecular weight excluding hydrogens is 242 g/mol. The summed E-state index contributed by atoms with van der Waals surface area (Å²) in [6, 6.07) is 9.36. The number of fused-ring (bicyclic) bond motifs is 1. The van der Waals surface area contributed by atoms with E-state index >= 15 is 0 Å². The van der Waals surface area contributed by atoms with Gasteiger partial charge >= 0.3 is 0 Å². The second-order valence-corrected chi connectivity index (χ2v) is 3.65. The first-order valence-corrected chi connectivity index (χ1v) is 4.35. The third kappa shape index (κ3) is 2.36. The standard InChI is InChI=1S/C9H11NP.Y/c11-10-6-5-8-3-1-2-4-9(8)7-10;/h1,3-4H,5-7,11H2;/q-1;. The van der Waals surface area contributed by atoms with E-state index in [1.165, 1.54) is 17.5 Å². The van der Waals surface area contributed by atoms with E-state index in [2.05, 4.69) is 32.3 Å². The van der Waals surface area contributed by atoms with Crippen LogP contribution in [-0.2, 0) is 45.7 Å². The Morgan fingerprint density at radius 1 is 1.42 bits per heavy atom. The summed E-state index contributed by atoms with van der Waals surface area (Å²) in [5, 5.41) is 0.